The molecule has 0 saturated heterocycles. The van der Waals surface area contributed by atoms with E-state index in [2.05, 4.69) is 10.3 Å². The van der Waals surface area contributed by atoms with Crippen LogP contribution >= 0.6 is 11.8 Å². The molecule has 1 aromatic heterocycles. The molecule has 144 valence electrons. The van der Waals surface area contributed by atoms with Crippen molar-refractivity contribution in [1.29, 1.82) is 0 Å². The molecular weight excluding hydrogens is 372 g/mol. The van der Waals surface area contributed by atoms with E-state index in [1.54, 1.807) is 25.1 Å². The van der Waals surface area contributed by atoms with E-state index >= 15 is 0 Å². The van der Waals surface area contributed by atoms with Gasteiger partial charge in [-0.25, -0.2) is 0 Å². The number of ether oxygens (including phenoxy) is 2. The van der Waals surface area contributed by atoms with E-state index in [0.29, 0.717) is 24.5 Å². The summed E-state index contributed by atoms with van der Waals surface area (Å²) in [5.41, 5.74) is 1.57. The van der Waals surface area contributed by atoms with E-state index in [-0.39, 0.29) is 5.91 Å². The molecule has 0 unspecified atom stereocenters. The highest BCUT2D eigenvalue weighted by Crippen LogP contribution is 2.22. The maximum Gasteiger partial charge on any atom is 0.225 e. The molecule has 0 aliphatic heterocycles. The van der Waals surface area contributed by atoms with E-state index in [0.717, 1.165) is 22.0 Å². The van der Waals surface area contributed by atoms with E-state index in [1.165, 1.54) is 0 Å². The number of aromatic nitrogens is 1. The molecule has 0 atom stereocenters. The molecule has 0 aliphatic rings. The monoisotopic (exact) mass is 394 g/mol. The Bertz CT molecular complexity index is 886. The molecule has 1 heterocycles. The van der Waals surface area contributed by atoms with Crippen molar-refractivity contribution in [2.24, 2.45) is 0 Å². The maximum atomic E-state index is 12.2. The van der Waals surface area contributed by atoms with Crippen molar-refractivity contribution >= 4 is 23.4 Å². The van der Waals surface area contributed by atoms with Crippen molar-refractivity contribution in [3.63, 3.8) is 0 Å². The van der Waals surface area contributed by atoms with Gasteiger partial charge in [0.05, 0.1) is 12.8 Å². The van der Waals surface area contributed by atoms with Crippen molar-refractivity contribution < 1.29 is 14.3 Å². The van der Waals surface area contributed by atoms with Gasteiger partial charge >= 0.3 is 0 Å². The first-order chi connectivity index (χ1) is 13.7. The van der Waals surface area contributed by atoms with Crippen LogP contribution in [0.4, 0.5) is 5.69 Å². The number of hydrogen-bond acceptors (Lipinski definition) is 5. The lowest BCUT2D eigenvalue weighted by atomic mass is 10.3. The minimum Gasteiger partial charge on any atom is -0.497 e. The molecule has 0 fully saturated rings. The van der Waals surface area contributed by atoms with E-state index in [1.807, 2.05) is 66.7 Å². The lowest BCUT2D eigenvalue weighted by Crippen LogP contribution is -2.12. The van der Waals surface area contributed by atoms with Gasteiger partial charge in [-0.1, -0.05) is 12.1 Å². The fourth-order valence-corrected chi connectivity index (χ4v) is 3.31. The van der Waals surface area contributed by atoms with Crippen LogP contribution in [0.1, 0.15) is 12.1 Å². The Morgan fingerprint density at radius 1 is 1.04 bits per heavy atom. The number of anilines is 1. The quantitative estimate of drug-likeness (QED) is 0.529. The van der Waals surface area contributed by atoms with Crippen molar-refractivity contribution in [2.45, 2.75) is 17.9 Å². The molecule has 0 aliphatic carbocycles. The number of thioether (sulfide) groups is 1. The molecule has 2 aromatic carbocycles. The third-order valence-corrected chi connectivity index (χ3v) is 4.90. The van der Waals surface area contributed by atoms with Crippen molar-refractivity contribution in [3.05, 3.63) is 78.6 Å². The van der Waals surface area contributed by atoms with Crippen LogP contribution in [0.3, 0.4) is 0 Å². The molecular formula is C22H22N2O3S. The lowest BCUT2D eigenvalue weighted by Gasteiger charge is -2.09. The zero-order valence-corrected chi connectivity index (χ0v) is 16.4. The number of pyridine rings is 1. The number of benzene rings is 2. The number of hydrogen-bond donors (Lipinski definition) is 1. The highest BCUT2D eigenvalue weighted by Gasteiger charge is 2.05. The fourth-order valence-electron chi connectivity index (χ4n) is 2.46. The number of carbonyl (C=O) groups is 1. The standard InChI is InChI=1S/C22H22N2O3S/c1-26-19-8-10-21(11-9-19)28-14-12-22(25)24-17-6-4-7-20(15-17)27-16-18-5-2-3-13-23-18/h2-11,13,15H,12,14,16H2,1H3,(H,24,25). The molecule has 0 bridgehead atoms. The smallest absolute Gasteiger partial charge is 0.225 e. The third kappa shape index (κ3) is 6.32. The molecule has 6 heteroatoms. The second-order valence-corrected chi connectivity index (χ2v) is 7.13. The summed E-state index contributed by atoms with van der Waals surface area (Å²) < 4.78 is 10.9. The highest BCUT2D eigenvalue weighted by molar-refractivity contribution is 7.99. The number of carbonyl (C=O) groups excluding carboxylic acids is 1. The zero-order valence-electron chi connectivity index (χ0n) is 15.6. The van der Waals surface area contributed by atoms with Gasteiger partial charge in [0.1, 0.15) is 18.1 Å². The van der Waals surface area contributed by atoms with Crippen LogP contribution in [0, 0.1) is 0 Å². The molecule has 5 nitrogen and oxygen atoms in total. The summed E-state index contributed by atoms with van der Waals surface area (Å²) in [7, 11) is 1.64. The third-order valence-electron chi connectivity index (χ3n) is 3.89. The van der Waals surface area contributed by atoms with Gasteiger partial charge in [-0.3, -0.25) is 9.78 Å². The summed E-state index contributed by atoms with van der Waals surface area (Å²) in [4.78, 5) is 17.5. The topological polar surface area (TPSA) is 60.5 Å². The predicted molar refractivity (Wildman–Crippen MR) is 112 cm³/mol. The molecule has 3 rings (SSSR count). The van der Waals surface area contributed by atoms with Crippen LogP contribution in [0.5, 0.6) is 11.5 Å². The van der Waals surface area contributed by atoms with Gasteiger partial charge in [-0.15, -0.1) is 11.8 Å². The molecule has 1 N–H and O–H groups in total. The van der Waals surface area contributed by atoms with E-state index < -0.39 is 0 Å². The Kier molecular flexibility index (Phi) is 7.32. The summed E-state index contributed by atoms with van der Waals surface area (Å²) in [6, 6.07) is 20.9. The number of nitrogens with one attached hydrogen (secondary N) is 1. The number of nitrogens with zero attached hydrogens (tertiary/aromatic N) is 1. The van der Waals surface area contributed by atoms with Crippen LogP contribution in [0.2, 0.25) is 0 Å². The van der Waals surface area contributed by atoms with Gasteiger partial charge < -0.3 is 14.8 Å². The Morgan fingerprint density at radius 2 is 1.89 bits per heavy atom. The number of amides is 1. The first-order valence-electron chi connectivity index (χ1n) is 8.92. The van der Waals surface area contributed by atoms with Crippen molar-refractivity contribution in [2.75, 3.05) is 18.2 Å². The zero-order chi connectivity index (χ0) is 19.6. The minimum atomic E-state index is -0.0251. The molecule has 0 saturated carbocycles. The Hall–Kier alpha value is -2.99. The molecule has 0 spiro atoms. The van der Waals surface area contributed by atoms with Gasteiger partial charge in [0.15, 0.2) is 0 Å². The lowest BCUT2D eigenvalue weighted by molar-refractivity contribution is -0.115. The summed E-state index contributed by atoms with van der Waals surface area (Å²) >= 11 is 1.64. The Labute approximate surface area is 169 Å². The largest absolute Gasteiger partial charge is 0.497 e. The second kappa shape index (κ2) is 10.4. The normalized spacial score (nSPS) is 10.3. The molecule has 28 heavy (non-hydrogen) atoms. The summed E-state index contributed by atoms with van der Waals surface area (Å²) in [5, 5.41) is 2.92. The van der Waals surface area contributed by atoms with Gasteiger partial charge in [-0.2, -0.15) is 0 Å². The first-order valence-corrected chi connectivity index (χ1v) is 9.91. The minimum absolute atomic E-state index is 0.0251. The van der Waals surface area contributed by atoms with Crippen LogP contribution < -0.4 is 14.8 Å². The van der Waals surface area contributed by atoms with Crippen molar-refractivity contribution in [3.8, 4) is 11.5 Å². The van der Waals surface area contributed by atoms with Gasteiger partial charge in [0, 0.05) is 35.0 Å². The van der Waals surface area contributed by atoms with Gasteiger partial charge in [0.25, 0.3) is 0 Å². The summed E-state index contributed by atoms with van der Waals surface area (Å²) in [6.45, 7) is 0.386. The van der Waals surface area contributed by atoms with Gasteiger partial charge in [-0.05, 0) is 48.5 Å². The van der Waals surface area contributed by atoms with Crippen LogP contribution in [-0.2, 0) is 11.4 Å². The first kappa shape index (κ1) is 19.8. The number of methoxy groups -OCH3 is 1. The predicted octanol–water partition coefficient (Wildman–Crippen LogP) is 4.79. The van der Waals surface area contributed by atoms with Crippen molar-refractivity contribution in [1.82, 2.24) is 4.98 Å². The SMILES string of the molecule is COc1ccc(SCCC(=O)Nc2cccc(OCc3ccccn3)c2)cc1. The maximum absolute atomic E-state index is 12.2. The Balaban J connectivity index is 1.44. The van der Waals surface area contributed by atoms with Gasteiger partial charge in [0.2, 0.25) is 5.91 Å². The summed E-state index contributed by atoms with van der Waals surface area (Å²) in [6.07, 6.45) is 2.16. The number of rotatable bonds is 9. The van der Waals surface area contributed by atoms with Crippen LogP contribution in [-0.4, -0.2) is 23.8 Å². The van der Waals surface area contributed by atoms with E-state index in [9.17, 15) is 4.79 Å². The Morgan fingerprint density at radius 3 is 2.64 bits per heavy atom. The summed E-state index contributed by atoms with van der Waals surface area (Å²) in [5.74, 6) is 2.19. The molecule has 0 radical (unpaired) electrons. The second-order valence-electron chi connectivity index (χ2n) is 5.96. The highest BCUT2D eigenvalue weighted by atomic mass is 32.2. The average Bonchev–Trinajstić information content (AvgIpc) is 2.74. The van der Waals surface area contributed by atoms with E-state index in [4.69, 9.17) is 9.47 Å². The van der Waals surface area contributed by atoms with Crippen LogP contribution in [0.15, 0.2) is 77.8 Å². The van der Waals surface area contributed by atoms with Crippen LogP contribution in [0.25, 0.3) is 0 Å². The molecule has 1 amide bonds. The molecule has 3 aromatic rings. The average molecular weight is 394 g/mol. The fraction of sp³-hybridized carbons (Fsp3) is 0.182.